The van der Waals surface area contributed by atoms with Crippen LogP contribution in [0.5, 0.6) is 11.5 Å². The predicted octanol–water partition coefficient (Wildman–Crippen LogP) is 6.33. The molecule has 3 aromatic carbocycles. The Kier molecular flexibility index (Phi) is 7.15. The summed E-state index contributed by atoms with van der Waals surface area (Å²) in [6, 6.07) is 22.9. The van der Waals surface area contributed by atoms with Crippen molar-refractivity contribution in [2.45, 2.75) is 13.2 Å². The lowest BCUT2D eigenvalue weighted by molar-refractivity contribution is -0.122. The molecule has 162 valence electrons. The number of thioether (sulfide) groups is 1. The average Bonchev–Trinajstić information content (AvgIpc) is 3.07. The standard InChI is InChI=1S/C25H20ClNO3S2/c1-29-22-13-19(9-12-21(22)30-16-18-7-10-20(26)11-8-18)14-23-24(28)27(25(31)32-23)15-17-5-3-2-4-6-17/h2-14H,15-16H2,1H3/b23-14-. The molecule has 1 fully saturated rings. The van der Waals surface area contributed by atoms with Crippen LogP contribution in [0.25, 0.3) is 6.08 Å². The number of amides is 1. The molecule has 0 atom stereocenters. The Labute approximate surface area is 201 Å². The molecule has 7 heteroatoms. The van der Waals surface area contributed by atoms with Crippen molar-refractivity contribution >= 4 is 51.9 Å². The Hall–Kier alpha value is -2.80. The molecule has 0 radical (unpaired) electrons. The molecule has 4 nitrogen and oxygen atoms in total. The summed E-state index contributed by atoms with van der Waals surface area (Å²) >= 11 is 12.7. The van der Waals surface area contributed by atoms with E-state index in [2.05, 4.69) is 0 Å². The number of carbonyl (C=O) groups excluding carboxylic acids is 1. The molecule has 32 heavy (non-hydrogen) atoms. The molecule has 3 aromatic rings. The van der Waals surface area contributed by atoms with Crippen LogP contribution in [0.3, 0.4) is 0 Å². The highest BCUT2D eigenvalue weighted by molar-refractivity contribution is 8.26. The molecule has 0 saturated carbocycles. The summed E-state index contributed by atoms with van der Waals surface area (Å²) in [5, 5.41) is 0.685. The third-order valence-electron chi connectivity index (χ3n) is 4.85. The normalized spacial score (nSPS) is 14.8. The van der Waals surface area contributed by atoms with Gasteiger partial charge in [-0.05, 0) is 47.0 Å². The minimum Gasteiger partial charge on any atom is -0.493 e. The second kappa shape index (κ2) is 10.2. The van der Waals surface area contributed by atoms with Gasteiger partial charge in [0.05, 0.1) is 18.6 Å². The highest BCUT2D eigenvalue weighted by atomic mass is 35.5. The maximum Gasteiger partial charge on any atom is 0.266 e. The van der Waals surface area contributed by atoms with E-state index in [0.717, 1.165) is 16.7 Å². The smallest absolute Gasteiger partial charge is 0.266 e. The van der Waals surface area contributed by atoms with E-state index in [9.17, 15) is 4.79 Å². The van der Waals surface area contributed by atoms with Crippen molar-refractivity contribution in [1.29, 1.82) is 0 Å². The largest absolute Gasteiger partial charge is 0.493 e. The fraction of sp³-hybridized carbons (Fsp3) is 0.120. The van der Waals surface area contributed by atoms with Gasteiger partial charge in [-0.3, -0.25) is 9.69 Å². The number of thiocarbonyl (C=S) groups is 1. The Balaban J connectivity index is 1.48. The van der Waals surface area contributed by atoms with Crippen molar-refractivity contribution in [2.75, 3.05) is 7.11 Å². The van der Waals surface area contributed by atoms with Crippen molar-refractivity contribution in [2.24, 2.45) is 0 Å². The van der Waals surface area contributed by atoms with Crippen molar-refractivity contribution < 1.29 is 14.3 Å². The van der Waals surface area contributed by atoms with Gasteiger partial charge in [0.25, 0.3) is 5.91 Å². The number of halogens is 1. The molecule has 0 unspecified atom stereocenters. The fourth-order valence-corrected chi connectivity index (χ4v) is 4.57. The lowest BCUT2D eigenvalue weighted by Gasteiger charge is -2.14. The zero-order valence-corrected chi connectivity index (χ0v) is 19.7. The molecule has 1 amide bonds. The Morgan fingerprint density at radius 3 is 2.47 bits per heavy atom. The van der Waals surface area contributed by atoms with Crippen LogP contribution in [0.2, 0.25) is 5.02 Å². The van der Waals surface area contributed by atoms with E-state index in [1.165, 1.54) is 11.8 Å². The number of carbonyl (C=O) groups is 1. The zero-order valence-electron chi connectivity index (χ0n) is 17.3. The summed E-state index contributed by atoms with van der Waals surface area (Å²) in [5.74, 6) is 1.12. The fourth-order valence-electron chi connectivity index (χ4n) is 3.19. The van der Waals surface area contributed by atoms with Gasteiger partial charge in [0.2, 0.25) is 0 Å². The third kappa shape index (κ3) is 5.33. The molecule has 0 aromatic heterocycles. The molecule has 1 aliphatic rings. The molecule has 4 rings (SSSR count). The van der Waals surface area contributed by atoms with Crippen LogP contribution < -0.4 is 9.47 Å². The maximum atomic E-state index is 12.9. The Morgan fingerprint density at radius 1 is 1.00 bits per heavy atom. The first-order chi connectivity index (χ1) is 15.5. The number of ether oxygens (including phenoxy) is 2. The monoisotopic (exact) mass is 481 g/mol. The second-order valence-electron chi connectivity index (χ2n) is 7.08. The molecule has 0 aliphatic carbocycles. The predicted molar refractivity (Wildman–Crippen MR) is 134 cm³/mol. The summed E-state index contributed by atoms with van der Waals surface area (Å²) < 4.78 is 12.0. The van der Waals surface area contributed by atoms with Crippen LogP contribution in [-0.4, -0.2) is 22.2 Å². The van der Waals surface area contributed by atoms with Gasteiger partial charge in [0, 0.05) is 5.02 Å². The van der Waals surface area contributed by atoms with Crippen LogP contribution in [0.4, 0.5) is 0 Å². The number of nitrogens with zero attached hydrogens (tertiary/aromatic N) is 1. The highest BCUT2D eigenvalue weighted by Crippen LogP contribution is 2.35. The Morgan fingerprint density at radius 2 is 1.75 bits per heavy atom. The number of benzene rings is 3. The first kappa shape index (κ1) is 22.4. The summed E-state index contributed by atoms with van der Waals surface area (Å²) in [6.45, 7) is 0.856. The molecular weight excluding hydrogens is 462 g/mol. The average molecular weight is 482 g/mol. The van der Waals surface area contributed by atoms with Crippen LogP contribution in [0.15, 0.2) is 77.7 Å². The van der Waals surface area contributed by atoms with E-state index in [0.29, 0.717) is 38.9 Å². The van der Waals surface area contributed by atoms with Crippen LogP contribution in [0.1, 0.15) is 16.7 Å². The first-order valence-corrected chi connectivity index (χ1v) is 11.5. The second-order valence-corrected chi connectivity index (χ2v) is 9.19. The highest BCUT2D eigenvalue weighted by Gasteiger charge is 2.32. The number of hydrogen-bond acceptors (Lipinski definition) is 5. The number of methoxy groups -OCH3 is 1. The number of rotatable bonds is 7. The van der Waals surface area contributed by atoms with Gasteiger partial charge in [-0.15, -0.1) is 0 Å². The van der Waals surface area contributed by atoms with Crippen molar-refractivity contribution in [3.63, 3.8) is 0 Å². The van der Waals surface area contributed by atoms with E-state index in [4.69, 9.17) is 33.3 Å². The van der Waals surface area contributed by atoms with E-state index >= 15 is 0 Å². The van der Waals surface area contributed by atoms with Crippen LogP contribution in [0, 0.1) is 0 Å². The molecule has 1 saturated heterocycles. The minimum atomic E-state index is -0.0918. The summed E-state index contributed by atoms with van der Waals surface area (Å²) in [7, 11) is 1.59. The van der Waals surface area contributed by atoms with Gasteiger partial charge in [-0.2, -0.15) is 0 Å². The molecule has 1 aliphatic heterocycles. The zero-order chi connectivity index (χ0) is 22.5. The van der Waals surface area contributed by atoms with E-state index in [-0.39, 0.29) is 5.91 Å². The van der Waals surface area contributed by atoms with Crippen molar-refractivity contribution in [3.8, 4) is 11.5 Å². The minimum absolute atomic E-state index is 0.0918. The number of hydrogen-bond donors (Lipinski definition) is 0. The lowest BCUT2D eigenvalue weighted by atomic mass is 10.1. The van der Waals surface area contributed by atoms with Gasteiger partial charge in [0.1, 0.15) is 10.9 Å². The quantitative estimate of drug-likeness (QED) is 0.291. The Bertz CT molecular complexity index is 1160. The topological polar surface area (TPSA) is 38.8 Å². The van der Waals surface area contributed by atoms with Gasteiger partial charge < -0.3 is 9.47 Å². The SMILES string of the molecule is COc1cc(/C=C2\SC(=S)N(Cc3ccccc3)C2=O)ccc1OCc1ccc(Cl)cc1. The molecule has 0 N–H and O–H groups in total. The van der Waals surface area contributed by atoms with Gasteiger partial charge in [-0.25, -0.2) is 0 Å². The van der Waals surface area contributed by atoms with Gasteiger partial charge >= 0.3 is 0 Å². The summed E-state index contributed by atoms with van der Waals surface area (Å²) in [6.07, 6.45) is 1.83. The summed E-state index contributed by atoms with van der Waals surface area (Å²) in [5.41, 5.74) is 2.87. The van der Waals surface area contributed by atoms with E-state index in [1.54, 1.807) is 12.0 Å². The van der Waals surface area contributed by atoms with Crippen LogP contribution in [-0.2, 0) is 17.9 Å². The lowest BCUT2D eigenvalue weighted by Crippen LogP contribution is -2.27. The van der Waals surface area contributed by atoms with Crippen LogP contribution >= 0.6 is 35.6 Å². The van der Waals surface area contributed by atoms with Crippen molar-refractivity contribution in [3.05, 3.63) is 99.4 Å². The summed E-state index contributed by atoms with van der Waals surface area (Å²) in [4.78, 5) is 15.1. The molecule has 0 bridgehead atoms. The molecule has 1 heterocycles. The first-order valence-electron chi connectivity index (χ1n) is 9.88. The van der Waals surface area contributed by atoms with Gasteiger partial charge in [-0.1, -0.05) is 84.1 Å². The van der Waals surface area contributed by atoms with Crippen molar-refractivity contribution in [1.82, 2.24) is 4.90 Å². The van der Waals surface area contributed by atoms with Gasteiger partial charge in [0.15, 0.2) is 11.5 Å². The third-order valence-corrected chi connectivity index (χ3v) is 6.48. The van der Waals surface area contributed by atoms with E-state index in [1.807, 2.05) is 78.9 Å². The maximum absolute atomic E-state index is 12.9. The van der Waals surface area contributed by atoms with E-state index < -0.39 is 0 Å². The molecular formula is C25H20ClNO3S2. The molecule has 0 spiro atoms.